The van der Waals surface area contributed by atoms with Gasteiger partial charge in [0.1, 0.15) is 0 Å². The smallest absolute Gasteiger partial charge is 0.307 e. The summed E-state index contributed by atoms with van der Waals surface area (Å²) in [6.07, 6.45) is 10.8. The normalized spacial score (nSPS) is 34.6. The van der Waals surface area contributed by atoms with Crippen LogP contribution in [0.2, 0.25) is 0 Å². The number of carbonyl (C=O) groups is 1. The largest absolute Gasteiger partial charge is 0.481 e. The first-order valence-electron chi connectivity index (χ1n) is 6.10. The molecule has 2 aliphatic carbocycles. The van der Waals surface area contributed by atoms with E-state index in [0.29, 0.717) is 5.92 Å². The van der Waals surface area contributed by atoms with Crippen LogP contribution >= 0.6 is 0 Å². The minimum atomic E-state index is -0.587. The minimum absolute atomic E-state index is 0.0195. The minimum Gasteiger partial charge on any atom is -0.481 e. The Kier molecular flexibility index (Phi) is 2.85. The van der Waals surface area contributed by atoms with Gasteiger partial charge in [-0.15, -0.1) is 0 Å². The van der Waals surface area contributed by atoms with E-state index in [0.717, 1.165) is 32.1 Å². The number of carboxylic acids is 1. The zero-order valence-corrected chi connectivity index (χ0v) is 9.41. The third kappa shape index (κ3) is 1.82. The van der Waals surface area contributed by atoms with Crippen molar-refractivity contribution in [1.29, 1.82) is 0 Å². The van der Waals surface area contributed by atoms with Gasteiger partial charge in [0.05, 0.1) is 5.92 Å². The Bertz CT molecular complexity index is 282. The number of unbranched alkanes of at least 4 members (excludes halogenated alkanes) is 1. The summed E-state index contributed by atoms with van der Waals surface area (Å²) in [7, 11) is 0. The van der Waals surface area contributed by atoms with E-state index >= 15 is 0 Å². The molecular weight excluding hydrogens is 188 g/mol. The van der Waals surface area contributed by atoms with Gasteiger partial charge in [-0.25, -0.2) is 0 Å². The molecule has 15 heavy (non-hydrogen) atoms. The first kappa shape index (κ1) is 10.7. The van der Waals surface area contributed by atoms with Crippen LogP contribution in [0.25, 0.3) is 0 Å². The monoisotopic (exact) mass is 208 g/mol. The van der Waals surface area contributed by atoms with Gasteiger partial charge in [0, 0.05) is 5.41 Å². The molecule has 2 bridgehead atoms. The molecule has 1 saturated carbocycles. The first-order chi connectivity index (χ1) is 7.18. The third-order valence-electron chi connectivity index (χ3n) is 4.16. The molecule has 1 N–H and O–H groups in total. The quantitative estimate of drug-likeness (QED) is 0.704. The van der Waals surface area contributed by atoms with Crippen LogP contribution in [0.1, 0.15) is 45.4 Å². The molecule has 1 fully saturated rings. The van der Waals surface area contributed by atoms with Crippen molar-refractivity contribution in [2.75, 3.05) is 0 Å². The Hall–Kier alpha value is -0.790. The SMILES string of the molecule is CCCCC(C(=O)O)C12C=CC(CC1)C2. The molecule has 2 nitrogen and oxygen atoms in total. The summed E-state index contributed by atoms with van der Waals surface area (Å²) in [6, 6.07) is 0. The lowest BCUT2D eigenvalue weighted by Crippen LogP contribution is -2.31. The Labute approximate surface area is 91.4 Å². The van der Waals surface area contributed by atoms with Gasteiger partial charge >= 0.3 is 5.97 Å². The van der Waals surface area contributed by atoms with E-state index in [1.807, 2.05) is 0 Å². The van der Waals surface area contributed by atoms with E-state index < -0.39 is 5.97 Å². The Morgan fingerprint density at radius 3 is 2.87 bits per heavy atom. The molecule has 0 saturated heterocycles. The molecule has 0 amide bonds. The summed E-state index contributed by atoms with van der Waals surface area (Å²) < 4.78 is 0. The number of carboxylic acid groups (broad SMARTS) is 1. The number of hydrogen-bond acceptors (Lipinski definition) is 1. The summed E-state index contributed by atoms with van der Waals surface area (Å²) in [5.41, 5.74) is 0.0195. The van der Waals surface area contributed by atoms with Crippen LogP contribution in [-0.4, -0.2) is 11.1 Å². The van der Waals surface area contributed by atoms with E-state index in [1.165, 1.54) is 6.42 Å². The van der Waals surface area contributed by atoms with Crippen molar-refractivity contribution >= 4 is 5.97 Å². The van der Waals surface area contributed by atoms with Crippen LogP contribution in [0.15, 0.2) is 12.2 Å². The molecule has 0 heterocycles. The molecule has 3 unspecified atom stereocenters. The van der Waals surface area contributed by atoms with Crippen LogP contribution in [0, 0.1) is 17.3 Å². The number of rotatable bonds is 5. The maximum Gasteiger partial charge on any atom is 0.307 e. The number of hydrogen-bond donors (Lipinski definition) is 1. The van der Waals surface area contributed by atoms with Crippen molar-refractivity contribution in [1.82, 2.24) is 0 Å². The lowest BCUT2D eigenvalue weighted by atomic mass is 9.73. The van der Waals surface area contributed by atoms with Crippen LogP contribution < -0.4 is 0 Å². The Morgan fingerprint density at radius 1 is 1.67 bits per heavy atom. The summed E-state index contributed by atoms with van der Waals surface area (Å²) in [6.45, 7) is 2.12. The van der Waals surface area contributed by atoms with Gasteiger partial charge in [0.25, 0.3) is 0 Å². The van der Waals surface area contributed by atoms with E-state index in [9.17, 15) is 9.90 Å². The fraction of sp³-hybridized carbons (Fsp3) is 0.769. The highest BCUT2D eigenvalue weighted by molar-refractivity contribution is 5.72. The molecule has 0 aromatic rings. The highest BCUT2D eigenvalue weighted by Crippen LogP contribution is 2.54. The average molecular weight is 208 g/mol. The van der Waals surface area contributed by atoms with Crippen LogP contribution in [0.4, 0.5) is 0 Å². The van der Waals surface area contributed by atoms with E-state index in [1.54, 1.807) is 0 Å². The topological polar surface area (TPSA) is 37.3 Å². The zero-order chi connectivity index (χ0) is 10.9. The van der Waals surface area contributed by atoms with E-state index in [2.05, 4.69) is 19.1 Å². The summed E-state index contributed by atoms with van der Waals surface area (Å²) in [4.78, 5) is 11.3. The molecule has 2 aliphatic rings. The Morgan fingerprint density at radius 2 is 2.47 bits per heavy atom. The van der Waals surface area contributed by atoms with Crippen LogP contribution in [0.3, 0.4) is 0 Å². The summed E-state index contributed by atoms with van der Waals surface area (Å²) >= 11 is 0. The van der Waals surface area contributed by atoms with Crippen molar-refractivity contribution in [3.05, 3.63) is 12.2 Å². The Balaban J connectivity index is 2.10. The maximum absolute atomic E-state index is 11.3. The van der Waals surface area contributed by atoms with Gasteiger partial charge in [0.15, 0.2) is 0 Å². The molecule has 84 valence electrons. The summed E-state index contributed by atoms with van der Waals surface area (Å²) in [5, 5.41) is 9.34. The molecule has 0 aromatic heterocycles. The number of allylic oxidation sites excluding steroid dienone is 2. The predicted molar refractivity (Wildman–Crippen MR) is 59.6 cm³/mol. The van der Waals surface area contributed by atoms with Gasteiger partial charge < -0.3 is 5.11 Å². The summed E-state index contributed by atoms with van der Waals surface area (Å²) in [5.74, 6) is -0.0506. The average Bonchev–Trinajstić information content (AvgIpc) is 2.78. The van der Waals surface area contributed by atoms with Crippen molar-refractivity contribution < 1.29 is 9.90 Å². The fourth-order valence-corrected chi connectivity index (χ4v) is 3.29. The second-order valence-electron chi connectivity index (χ2n) is 5.13. The lowest BCUT2D eigenvalue weighted by Gasteiger charge is -2.30. The van der Waals surface area contributed by atoms with Gasteiger partial charge in [-0.1, -0.05) is 31.9 Å². The van der Waals surface area contributed by atoms with Gasteiger partial charge in [-0.05, 0) is 31.6 Å². The van der Waals surface area contributed by atoms with Gasteiger partial charge in [-0.3, -0.25) is 4.79 Å². The van der Waals surface area contributed by atoms with Crippen molar-refractivity contribution in [2.24, 2.45) is 17.3 Å². The second kappa shape index (κ2) is 3.99. The molecule has 3 atom stereocenters. The predicted octanol–water partition coefficient (Wildman–Crippen LogP) is 3.23. The second-order valence-corrected chi connectivity index (χ2v) is 5.13. The standard InChI is InChI=1S/C13H20O2/c1-2-3-4-11(12(14)15)13-7-5-10(9-13)6-8-13/h5,7,10-11H,2-4,6,8-9H2,1H3,(H,14,15). The van der Waals surface area contributed by atoms with E-state index in [4.69, 9.17) is 0 Å². The molecule has 0 spiro atoms. The number of aliphatic carboxylic acids is 1. The molecule has 0 aliphatic heterocycles. The molecule has 2 heteroatoms. The molecule has 0 radical (unpaired) electrons. The van der Waals surface area contributed by atoms with Crippen molar-refractivity contribution in [3.63, 3.8) is 0 Å². The van der Waals surface area contributed by atoms with Gasteiger partial charge in [0.2, 0.25) is 0 Å². The van der Waals surface area contributed by atoms with Crippen LogP contribution in [-0.2, 0) is 4.79 Å². The first-order valence-corrected chi connectivity index (χ1v) is 6.10. The lowest BCUT2D eigenvalue weighted by molar-refractivity contribution is -0.145. The maximum atomic E-state index is 11.3. The highest BCUT2D eigenvalue weighted by atomic mass is 16.4. The zero-order valence-electron chi connectivity index (χ0n) is 9.41. The van der Waals surface area contributed by atoms with Crippen molar-refractivity contribution in [3.8, 4) is 0 Å². The third-order valence-corrected chi connectivity index (χ3v) is 4.16. The molecule has 2 rings (SSSR count). The van der Waals surface area contributed by atoms with Gasteiger partial charge in [-0.2, -0.15) is 0 Å². The fourth-order valence-electron chi connectivity index (χ4n) is 3.29. The number of fused-ring (bicyclic) bond motifs is 2. The van der Waals surface area contributed by atoms with Crippen molar-refractivity contribution in [2.45, 2.75) is 45.4 Å². The highest BCUT2D eigenvalue weighted by Gasteiger charge is 2.48. The molecule has 0 aromatic carbocycles. The van der Waals surface area contributed by atoms with E-state index in [-0.39, 0.29) is 11.3 Å². The van der Waals surface area contributed by atoms with Crippen LogP contribution in [0.5, 0.6) is 0 Å². The molecular formula is C13H20O2.